The topological polar surface area (TPSA) is 76.0 Å². The highest BCUT2D eigenvalue weighted by atomic mass is 16.1. The lowest BCUT2D eigenvalue weighted by molar-refractivity contribution is 0.1000. The van der Waals surface area contributed by atoms with E-state index in [4.69, 9.17) is 5.73 Å². The molecule has 0 bridgehead atoms. The molecular formula is C7H8N2O2. The third-order valence-corrected chi connectivity index (χ3v) is 1.37. The fourth-order valence-corrected chi connectivity index (χ4v) is 0.740. The molecule has 0 radical (unpaired) electrons. The third kappa shape index (κ3) is 1.46. The van der Waals surface area contributed by atoms with Crippen molar-refractivity contribution in [2.75, 3.05) is 0 Å². The monoisotopic (exact) mass is 152 g/mol. The minimum absolute atomic E-state index is 0.199. The standard InChI is InChI=1S/C7H8N2O2/c1-4-2-5(6(8)10)3-9-7(4)11/h2-3H,1H3,(H2,8,10)(H,9,11). The number of primary amides is 1. The van der Waals surface area contributed by atoms with Gasteiger partial charge in [0.1, 0.15) is 0 Å². The highest BCUT2D eigenvalue weighted by molar-refractivity contribution is 5.92. The Kier molecular flexibility index (Phi) is 1.76. The first-order valence-electron chi connectivity index (χ1n) is 3.10. The van der Waals surface area contributed by atoms with Crippen molar-refractivity contribution in [3.8, 4) is 0 Å². The lowest BCUT2D eigenvalue weighted by atomic mass is 10.2. The maximum atomic E-state index is 10.8. The Labute approximate surface area is 63.0 Å². The van der Waals surface area contributed by atoms with Crippen molar-refractivity contribution in [2.24, 2.45) is 5.73 Å². The molecule has 0 atom stereocenters. The summed E-state index contributed by atoms with van der Waals surface area (Å²) in [5.41, 5.74) is 5.58. The average Bonchev–Trinajstić information content (AvgIpc) is 1.94. The molecule has 4 nitrogen and oxygen atoms in total. The fourth-order valence-electron chi connectivity index (χ4n) is 0.740. The number of hydrogen-bond acceptors (Lipinski definition) is 2. The van der Waals surface area contributed by atoms with Crippen molar-refractivity contribution in [1.82, 2.24) is 4.98 Å². The molecule has 0 aliphatic rings. The predicted octanol–water partition coefficient (Wildman–Crippen LogP) is -0.218. The van der Waals surface area contributed by atoms with Crippen LogP contribution in [0.4, 0.5) is 0 Å². The molecule has 58 valence electrons. The van der Waals surface area contributed by atoms with Crippen LogP contribution in [0.15, 0.2) is 17.1 Å². The summed E-state index contributed by atoms with van der Waals surface area (Å²) in [5.74, 6) is -0.538. The van der Waals surface area contributed by atoms with Crippen molar-refractivity contribution < 1.29 is 4.79 Å². The number of nitrogens with two attached hydrogens (primary N) is 1. The van der Waals surface area contributed by atoms with E-state index in [0.29, 0.717) is 11.1 Å². The minimum atomic E-state index is -0.538. The van der Waals surface area contributed by atoms with Gasteiger partial charge < -0.3 is 10.7 Å². The third-order valence-electron chi connectivity index (χ3n) is 1.37. The van der Waals surface area contributed by atoms with Crippen LogP contribution >= 0.6 is 0 Å². The molecule has 1 aromatic heterocycles. The van der Waals surface area contributed by atoms with Crippen molar-refractivity contribution in [3.63, 3.8) is 0 Å². The van der Waals surface area contributed by atoms with E-state index in [0.717, 1.165) is 0 Å². The maximum absolute atomic E-state index is 10.8. The van der Waals surface area contributed by atoms with E-state index in [-0.39, 0.29) is 5.56 Å². The number of carbonyl (C=O) groups excluding carboxylic acids is 1. The number of aryl methyl sites for hydroxylation is 1. The second-order valence-corrected chi connectivity index (χ2v) is 2.26. The van der Waals surface area contributed by atoms with Gasteiger partial charge in [-0.2, -0.15) is 0 Å². The molecule has 0 aliphatic carbocycles. The van der Waals surface area contributed by atoms with Crippen LogP contribution < -0.4 is 11.3 Å². The zero-order valence-corrected chi connectivity index (χ0v) is 6.05. The van der Waals surface area contributed by atoms with Crippen molar-refractivity contribution in [1.29, 1.82) is 0 Å². The van der Waals surface area contributed by atoms with Crippen molar-refractivity contribution in [3.05, 3.63) is 33.7 Å². The fraction of sp³-hybridized carbons (Fsp3) is 0.143. The summed E-state index contributed by atoms with van der Waals surface area (Å²) in [5, 5.41) is 0. The lowest BCUT2D eigenvalue weighted by Crippen LogP contribution is -2.16. The molecule has 0 fully saturated rings. The van der Waals surface area contributed by atoms with E-state index in [1.54, 1.807) is 6.92 Å². The first-order valence-corrected chi connectivity index (χ1v) is 3.10. The quantitative estimate of drug-likeness (QED) is 0.583. The number of amides is 1. The van der Waals surface area contributed by atoms with E-state index in [9.17, 15) is 9.59 Å². The van der Waals surface area contributed by atoms with E-state index in [1.165, 1.54) is 12.3 Å². The van der Waals surface area contributed by atoms with Gasteiger partial charge in [-0.15, -0.1) is 0 Å². The predicted molar refractivity (Wildman–Crippen MR) is 40.3 cm³/mol. The number of rotatable bonds is 1. The van der Waals surface area contributed by atoms with Gasteiger partial charge in [0, 0.05) is 11.8 Å². The SMILES string of the molecule is Cc1cc(C(N)=O)c[nH]c1=O. The molecule has 1 heterocycles. The summed E-state index contributed by atoms with van der Waals surface area (Å²) in [6.07, 6.45) is 1.30. The number of hydrogen-bond donors (Lipinski definition) is 2. The molecule has 1 aromatic rings. The Morgan fingerprint density at radius 3 is 2.73 bits per heavy atom. The molecule has 11 heavy (non-hydrogen) atoms. The first-order chi connectivity index (χ1) is 5.11. The molecule has 0 spiro atoms. The second kappa shape index (κ2) is 2.57. The van der Waals surface area contributed by atoms with Gasteiger partial charge in [0.25, 0.3) is 5.56 Å². The molecule has 0 saturated heterocycles. The summed E-state index contributed by atoms with van der Waals surface area (Å²) in [6.45, 7) is 1.62. The van der Waals surface area contributed by atoms with Crippen LogP contribution in [0.5, 0.6) is 0 Å². The van der Waals surface area contributed by atoms with Crippen LogP contribution in [-0.4, -0.2) is 10.9 Å². The number of aromatic amines is 1. The Bertz CT molecular complexity index is 341. The summed E-state index contributed by atoms with van der Waals surface area (Å²) >= 11 is 0. The largest absolute Gasteiger partial charge is 0.366 e. The summed E-state index contributed by atoms with van der Waals surface area (Å²) in [4.78, 5) is 23.7. The molecule has 3 N–H and O–H groups in total. The Hall–Kier alpha value is -1.58. The van der Waals surface area contributed by atoms with Gasteiger partial charge in [0.05, 0.1) is 5.56 Å². The molecule has 0 aromatic carbocycles. The van der Waals surface area contributed by atoms with Gasteiger partial charge in [0.15, 0.2) is 0 Å². The van der Waals surface area contributed by atoms with Gasteiger partial charge in [-0.25, -0.2) is 0 Å². The van der Waals surface area contributed by atoms with Crippen molar-refractivity contribution in [2.45, 2.75) is 6.92 Å². The number of aromatic nitrogens is 1. The molecule has 0 unspecified atom stereocenters. The van der Waals surface area contributed by atoms with Gasteiger partial charge >= 0.3 is 0 Å². The Morgan fingerprint density at radius 2 is 2.27 bits per heavy atom. The smallest absolute Gasteiger partial charge is 0.250 e. The van der Waals surface area contributed by atoms with E-state index >= 15 is 0 Å². The molecule has 4 heteroatoms. The highest BCUT2D eigenvalue weighted by Crippen LogP contribution is 1.94. The first kappa shape index (κ1) is 7.53. The molecular weight excluding hydrogens is 144 g/mol. The van der Waals surface area contributed by atoms with Gasteiger partial charge in [0.2, 0.25) is 5.91 Å². The van der Waals surface area contributed by atoms with Gasteiger partial charge in [-0.05, 0) is 13.0 Å². The molecule has 1 rings (SSSR count). The average molecular weight is 152 g/mol. The normalized spacial score (nSPS) is 9.55. The molecule has 1 amide bonds. The number of pyridine rings is 1. The zero-order chi connectivity index (χ0) is 8.43. The summed E-state index contributed by atoms with van der Waals surface area (Å²) in [6, 6.07) is 1.46. The van der Waals surface area contributed by atoms with Crippen LogP contribution in [0.2, 0.25) is 0 Å². The zero-order valence-electron chi connectivity index (χ0n) is 6.05. The summed E-state index contributed by atoms with van der Waals surface area (Å²) in [7, 11) is 0. The van der Waals surface area contributed by atoms with E-state index in [2.05, 4.69) is 4.98 Å². The minimum Gasteiger partial charge on any atom is -0.366 e. The van der Waals surface area contributed by atoms with E-state index in [1.807, 2.05) is 0 Å². The molecule has 0 saturated carbocycles. The Morgan fingerprint density at radius 1 is 1.64 bits per heavy atom. The Balaban J connectivity index is 3.26. The maximum Gasteiger partial charge on any atom is 0.250 e. The van der Waals surface area contributed by atoms with Crippen LogP contribution in [-0.2, 0) is 0 Å². The van der Waals surface area contributed by atoms with Crippen LogP contribution in [0.3, 0.4) is 0 Å². The number of nitrogens with one attached hydrogen (secondary N) is 1. The van der Waals surface area contributed by atoms with Crippen LogP contribution in [0.1, 0.15) is 15.9 Å². The highest BCUT2D eigenvalue weighted by Gasteiger charge is 2.00. The number of H-pyrrole nitrogens is 1. The van der Waals surface area contributed by atoms with Crippen LogP contribution in [0, 0.1) is 6.92 Å². The van der Waals surface area contributed by atoms with Crippen molar-refractivity contribution >= 4 is 5.91 Å². The van der Waals surface area contributed by atoms with E-state index < -0.39 is 5.91 Å². The van der Waals surface area contributed by atoms with Gasteiger partial charge in [-0.3, -0.25) is 9.59 Å². The number of carbonyl (C=O) groups is 1. The van der Waals surface area contributed by atoms with Crippen LogP contribution in [0.25, 0.3) is 0 Å². The second-order valence-electron chi connectivity index (χ2n) is 2.26. The van der Waals surface area contributed by atoms with Gasteiger partial charge in [-0.1, -0.05) is 0 Å². The molecule has 0 aliphatic heterocycles. The lowest BCUT2D eigenvalue weighted by Gasteiger charge is -1.94. The summed E-state index contributed by atoms with van der Waals surface area (Å²) < 4.78 is 0.